The zero-order valence-electron chi connectivity index (χ0n) is 17.1. The van der Waals surface area contributed by atoms with Crippen molar-refractivity contribution in [1.82, 2.24) is 9.97 Å². The van der Waals surface area contributed by atoms with Crippen molar-refractivity contribution < 1.29 is 14.3 Å². The fourth-order valence-corrected chi connectivity index (χ4v) is 4.81. The van der Waals surface area contributed by atoms with E-state index < -0.39 is 5.54 Å². The molecule has 1 aromatic heterocycles. The van der Waals surface area contributed by atoms with Crippen molar-refractivity contribution in [2.24, 2.45) is 5.73 Å². The smallest absolute Gasteiger partial charge is 0.196 e. The van der Waals surface area contributed by atoms with Gasteiger partial charge in [-0.25, -0.2) is 4.98 Å². The number of hydrogen-bond acceptors (Lipinski definition) is 6. The molecule has 1 aliphatic heterocycles. The molecule has 3 N–H and O–H groups in total. The highest BCUT2D eigenvalue weighted by atomic mass is 16.5. The van der Waals surface area contributed by atoms with Gasteiger partial charge in [0.2, 0.25) is 0 Å². The maximum atomic E-state index is 13.8. The van der Waals surface area contributed by atoms with Crippen LogP contribution in [0.1, 0.15) is 31.5 Å². The van der Waals surface area contributed by atoms with E-state index in [1.807, 2.05) is 47.4 Å². The molecule has 0 radical (unpaired) electrons. The van der Waals surface area contributed by atoms with Crippen LogP contribution in [0.4, 0.5) is 5.69 Å². The van der Waals surface area contributed by atoms with Gasteiger partial charge in [0.1, 0.15) is 34.3 Å². The number of Topliss-reactive ketones (excluding diaryl/α,β-unsaturated/α-hetero) is 1. The Kier molecular flexibility index (Phi) is 4.20. The average Bonchev–Trinajstić information content (AvgIpc) is 3.45. The Morgan fingerprint density at radius 1 is 1.07 bits per heavy atom. The van der Waals surface area contributed by atoms with Crippen LogP contribution in [0.15, 0.2) is 48.3 Å². The summed E-state index contributed by atoms with van der Waals surface area (Å²) in [5, 5.41) is 0. The van der Waals surface area contributed by atoms with Gasteiger partial charge in [0.15, 0.2) is 5.78 Å². The number of carbonyl (C=O) groups excluding carboxylic acids is 1. The van der Waals surface area contributed by atoms with E-state index in [0.29, 0.717) is 28.7 Å². The summed E-state index contributed by atoms with van der Waals surface area (Å²) in [6, 6.07) is 13.3. The fraction of sp³-hybridized carbons (Fsp3) is 0.304. The number of imidazole rings is 1. The van der Waals surface area contributed by atoms with E-state index in [2.05, 4.69) is 9.97 Å². The van der Waals surface area contributed by atoms with Crippen LogP contribution in [-0.4, -0.2) is 35.5 Å². The minimum Gasteiger partial charge on any atom is -0.497 e. The van der Waals surface area contributed by atoms with Gasteiger partial charge >= 0.3 is 0 Å². The number of nitrogens with two attached hydrogens (primary N) is 1. The molecule has 154 valence electrons. The van der Waals surface area contributed by atoms with Crippen molar-refractivity contribution in [3.05, 3.63) is 54.1 Å². The number of carbonyl (C=O) groups is 1. The first-order valence-electron chi connectivity index (χ1n) is 10.1. The molecule has 2 aromatic carbocycles. The maximum Gasteiger partial charge on any atom is 0.196 e. The zero-order valence-corrected chi connectivity index (χ0v) is 17.1. The Morgan fingerprint density at radius 2 is 1.73 bits per heavy atom. The van der Waals surface area contributed by atoms with Gasteiger partial charge < -0.3 is 25.1 Å². The number of aromatic nitrogens is 2. The Bertz CT molecular complexity index is 1120. The van der Waals surface area contributed by atoms with Crippen molar-refractivity contribution in [2.45, 2.75) is 31.2 Å². The molecule has 1 fully saturated rings. The minimum absolute atomic E-state index is 0.0262. The second kappa shape index (κ2) is 6.79. The first-order valence-corrected chi connectivity index (χ1v) is 10.1. The van der Waals surface area contributed by atoms with E-state index in [-0.39, 0.29) is 5.78 Å². The van der Waals surface area contributed by atoms with Gasteiger partial charge in [0.25, 0.3) is 0 Å². The molecular weight excluding hydrogens is 380 g/mol. The van der Waals surface area contributed by atoms with Gasteiger partial charge in [-0.2, -0.15) is 0 Å². The lowest BCUT2D eigenvalue weighted by Gasteiger charge is -2.36. The molecule has 1 saturated carbocycles. The predicted molar refractivity (Wildman–Crippen MR) is 115 cm³/mol. The summed E-state index contributed by atoms with van der Waals surface area (Å²) in [5.74, 6) is 2.25. The van der Waals surface area contributed by atoms with E-state index in [4.69, 9.17) is 15.2 Å². The molecule has 0 amide bonds. The summed E-state index contributed by atoms with van der Waals surface area (Å²) < 4.78 is 10.9. The lowest BCUT2D eigenvalue weighted by molar-refractivity contribution is -0.117. The third-order valence-corrected chi connectivity index (χ3v) is 6.23. The van der Waals surface area contributed by atoms with Crippen LogP contribution in [0.5, 0.6) is 11.5 Å². The molecule has 1 spiro atoms. The second-order valence-electron chi connectivity index (χ2n) is 7.84. The lowest BCUT2D eigenvalue weighted by atomic mass is 9.89. The van der Waals surface area contributed by atoms with Crippen LogP contribution in [-0.2, 0) is 4.79 Å². The summed E-state index contributed by atoms with van der Waals surface area (Å²) in [7, 11) is 3.22. The summed E-state index contributed by atoms with van der Waals surface area (Å²) in [6.45, 7) is 0. The lowest BCUT2D eigenvalue weighted by Crippen LogP contribution is -2.48. The minimum atomic E-state index is -0.699. The van der Waals surface area contributed by atoms with Crippen LogP contribution >= 0.6 is 0 Å². The number of ketones is 1. The Morgan fingerprint density at radius 3 is 2.37 bits per heavy atom. The number of fused-ring (bicyclic) bond motifs is 1. The summed E-state index contributed by atoms with van der Waals surface area (Å²) >= 11 is 0. The molecule has 2 heterocycles. The molecule has 1 aliphatic carbocycles. The SMILES string of the molecule is COc1cc(OC)cc(N2C(N)=C(c3nc4ccccc4[nH]3)C(=O)C23CCCC3)c1. The predicted octanol–water partition coefficient (Wildman–Crippen LogP) is 3.61. The van der Waals surface area contributed by atoms with E-state index >= 15 is 0 Å². The Hall–Kier alpha value is -3.48. The number of nitrogens with zero attached hydrogens (tertiary/aromatic N) is 2. The summed E-state index contributed by atoms with van der Waals surface area (Å²) in [4.78, 5) is 23.7. The summed E-state index contributed by atoms with van der Waals surface area (Å²) in [6.07, 6.45) is 3.44. The molecule has 5 rings (SSSR count). The van der Waals surface area contributed by atoms with Crippen molar-refractivity contribution >= 4 is 28.1 Å². The first kappa shape index (κ1) is 18.5. The quantitative estimate of drug-likeness (QED) is 0.690. The van der Waals surface area contributed by atoms with Crippen molar-refractivity contribution in [1.29, 1.82) is 0 Å². The van der Waals surface area contributed by atoms with Gasteiger partial charge in [-0.05, 0) is 25.0 Å². The number of rotatable bonds is 4. The summed E-state index contributed by atoms with van der Waals surface area (Å²) in [5.41, 5.74) is 8.90. The molecular formula is C23H24N4O3. The van der Waals surface area contributed by atoms with Crippen LogP contribution in [0.3, 0.4) is 0 Å². The molecule has 7 nitrogen and oxygen atoms in total. The van der Waals surface area contributed by atoms with Crippen LogP contribution in [0.2, 0.25) is 0 Å². The Balaban J connectivity index is 1.71. The van der Waals surface area contributed by atoms with E-state index in [1.54, 1.807) is 14.2 Å². The Labute approximate surface area is 174 Å². The molecule has 0 unspecified atom stereocenters. The molecule has 30 heavy (non-hydrogen) atoms. The highest BCUT2D eigenvalue weighted by Gasteiger charge is 2.55. The normalized spacial score (nSPS) is 18.1. The highest BCUT2D eigenvalue weighted by molar-refractivity contribution is 6.30. The standard InChI is InChI=1S/C23H24N4O3/c1-29-15-11-14(12-16(13-15)30-2)27-21(24)19(20(28)23(27)9-5-6-10-23)22-25-17-7-3-4-8-18(17)26-22/h3-4,7-8,11-13H,5-6,9-10,24H2,1-2H3,(H,25,26). The van der Waals surface area contributed by atoms with E-state index in [1.165, 1.54) is 0 Å². The molecule has 2 aliphatic rings. The van der Waals surface area contributed by atoms with Gasteiger partial charge in [-0.3, -0.25) is 4.79 Å². The average molecular weight is 404 g/mol. The van der Waals surface area contributed by atoms with Crippen molar-refractivity contribution in [3.63, 3.8) is 0 Å². The molecule has 0 bridgehead atoms. The zero-order chi connectivity index (χ0) is 20.9. The third kappa shape index (κ3) is 2.58. The van der Waals surface area contributed by atoms with Gasteiger partial charge in [0.05, 0.1) is 30.9 Å². The van der Waals surface area contributed by atoms with E-state index in [0.717, 1.165) is 42.4 Å². The number of aromatic amines is 1. The van der Waals surface area contributed by atoms with Crippen LogP contribution in [0, 0.1) is 0 Å². The largest absolute Gasteiger partial charge is 0.497 e. The van der Waals surface area contributed by atoms with Gasteiger partial charge in [-0.15, -0.1) is 0 Å². The third-order valence-electron chi connectivity index (χ3n) is 6.23. The molecule has 7 heteroatoms. The second-order valence-corrected chi connectivity index (χ2v) is 7.84. The molecule has 3 aromatic rings. The number of hydrogen-bond donors (Lipinski definition) is 2. The highest BCUT2D eigenvalue weighted by Crippen LogP contribution is 2.49. The molecule has 0 atom stereocenters. The number of nitrogens with one attached hydrogen (secondary N) is 1. The number of methoxy groups -OCH3 is 2. The van der Waals surface area contributed by atoms with Crippen molar-refractivity contribution in [2.75, 3.05) is 19.1 Å². The number of anilines is 1. The number of benzene rings is 2. The maximum absolute atomic E-state index is 13.8. The van der Waals surface area contributed by atoms with Crippen molar-refractivity contribution in [3.8, 4) is 11.5 Å². The number of para-hydroxylation sites is 2. The van der Waals surface area contributed by atoms with E-state index in [9.17, 15) is 4.79 Å². The number of ether oxygens (including phenoxy) is 2. The van der Waals surface area contributed by atoms with Crippen LogP contribution in [0.25, 0.3) is 16.6 Å². The topological polar surface area (TPSA) is 93.5 Å². The van der Waals surface area contributed by atoms with Gasteiger partial charge in [-0.1, -0.05) is 25.0 Å². The van der Waals surface area contributed by atoms with Crippen LogP contribution < -0.4 is 20.1 Å². The van der Waals surface area contributed by atoms with Gasteiger partial charge in [0, 0.05) is 18.2 Å². The fourth-order valence-electron chi connectivity index (χ4n) is 4.81. The first-order chi connectivity index (χ1) is 14.6. The number of H-pyrrole nitrogens is 1. The molecule has 0 saturated heterocycles. The monoisotopic (exact) mass is 404 g/mol.